The molecule has 0 aliphatic heterocycles. The van der Waals surface area contributed by atoms with Gasteiger partial charge in [0, 0.05) is 0 Å². The van der Waals surface area contributed by atoms with Gasteiger partial charge in [0.05, 0.1) is 15.1 Å². The van der Waals surface area contributed by atoms with Gasteiger partial charge >= 0.3 is 0 Å². The maximum Gasteiger partial charge on any atom is 0.294 e. The van der Waals surface area contributed by atoms with Crippen molar-refractivity contribution in [2.75, 3.05) is 5.73 Å². The lowest BCUT2D eigenvalue weighted by Crippen LogP contribution is -1.78. The summed E-state index contributed by atoms with van der Waals surface area (Å²) in [6.45, 7) is 6.70. The molecule has 0 spiro atoms. The Morgan fingerprint density at radius 1 is 1.54 bits per heavy atom. The van der Waals surface area contributed by atoms with Gasteiger partial charge in [-0.1, -0.05) is 11.3 Å². The van der Waals surface area contributed by atoms with Crippen LogP contribution in [0.15, 0.2) is 23.1 Å². The molecule has 3 nitrogen and oxygen atoms in total. The number of anilines is 1. The summed E-state index contributed by atoms with van der Waals surface area (Å²) in [6.07, 6.45) is 0. The van der Waals surface area contributed by atoms with Crippen LogP contribution in [0.25, 0.3) is 14.5 Å². The highest BCUT2D eigenvalue weighted by molar-refractivity contribution is 8.01. The Morgan fingerprint density at radius 3 is 3.15 bits per heavy atom. The van der Waals surface area contributed by atoms with Crippen molar-refractivity contribution in [1.29, 1.82) is 0 Å². The number of nitrogens with two attached hydrogens (primary N) is 1. The molecule has 0 atom stereocenters. The summed E-state index contributed by atoms with van der Waals surface area (Å²) in [5.74, 6) is 0. The standard InChI is InChI=1S/C8H5N3S2/c1-10-13-5-2-3-6-7(4-5)12-8(9)11-6/h2-4H,(H2,9,11). The Kier molecular flexibility index (Phi) is 2.08. The molecule has 2 N–H and O–H groups in total. The van der Waals surface area contributed by atoms with E-state index in [-0.39, 0.29) is 0 Å². The van der Waals surface area contributed by atoms with Crippen molar-refractivity contribution in [3.63, 3.8) is 0 Å². The summed E-state index contributed by atoms with van der Waals surface area (Å²) in [5, 5.41) is 0.569. The average Bonchev–Trinajstić information content (AvgIpc) is 2.44. The van der Waals surface area contributed by atoms with Crippen LogP contribution in [0.1, 0.15) is 0 Å². The predicted octanol–water partition coefficient (Wildman–Crippen LogP) is 2.80. The minimum atomic E-state index is 0.569. The summed E-state index contributed by atoms with van der Waals surface area (Å²) in [5.41, 5.74) is 6.45. The SMILES string of the molecule is [C-]#[N+]Sc1ccc2nc(N)sc2c1. The molecule has 0 fully saturated rings. The number of nitrogen functional groups attached to an aromatic ring is 1. The Morgan fingerprint density at radius 2 is 2.38 bits per heavy atom. The van der Waals surface area contributed by atoms with Crippen molar-refractivity contribution in [3.8, 4) is 0 Å². The number of fused-ring (bicyclic) bond motifs is 1. The van der Waals surface area contributed by atoms with Crippen LogP contribution in [0.4, 0.5) is 5.13 Å². The smallest absolute Gasteiger partial charge is 0.294 e. The zero-order valence-corrected chi connectivity index (χ0v) is 8.15. The van der Waals surface area contributed by atoms with E-state index in [2.05, 4.69) is 9.23 Å². The Labute approximate surface area is 83.5 Å². The van der Waals surface area contributed by atoms with Gasteiger partial charge in [0.25, 0.3) is 11.9 Å². The van der Waals surface area contributed by atoms with E-state index in [1.807, 2.05) is 18.2 Å². The zero-order valence-electron chi connectivity index (χ0n) is 6.52. The van der Waals surface area contributed by atoms with Gasteiger partial charge in [-0.3, -0.25) is 0 Å². The first-order valence-electron chi connectivity index (χ1n) is 3.49. The van der Waals surface area contributed by atoms with Gasteiger partial charge in [-0.2, -0.15) is 0 Å². The first kappa shape index (κ1) is 8.35. The summed E-state index contributed by atoms with van der Waals surface area (Å²) in [6, 6.07) is 5.70. The molecule has 5 heteroatoms. The fraction of sp³-hybridized carbons (Fsp3) is 0. The molecule has 1 aromatic carbocycles. The molecule has 2 rings (SSSR count). The first-order chi connectivity index (χ1) is 6.29. The lowest BCUT2D eigenvalue weighted by molar-refractivity contribution is 1.46. The third-order valence-corrected chi connectivity index (χ3v) is 2.93. The molecule has 0 aliphatic rings. The van der Waals surface area contributed by atoms with E-state index in [9.17, 15) is 0 Å². The molecule has 0 amide bonds. The van der Waals surface area contributed by atoms with Gasteiger partial charge in [-0.15, -0.1) is 0 Å². The molecule has 1 heterocycles. The second kappa shape index (κ2) is 3.24. The maximum absolute atomic E-state index is 6.70. The molecule has 1 aromatic heterocycles. The fourth-order valence-corrected chi connectivity index (χ4v) is 2.29. The monoisotopic (exact) mass is 207 g/mol. The van der Waals surface area contributed by atoms with Gasteiger partial charge in [0.1, 0.15) is 0 Å². The summed E-state index contributed by atoms with van der Waals surface area (Å²) >= 11 is 2.57. The van der Waals surface area contributed by atoms with Crippen molar-refractivity contribution in [2.45, 2.75) is 4.90 Å². The van der Waals surface area contributed by atoms with Crippen LogP contribution < -0.4 is 5.73 Å². The van der Waals surface area contributed by atoms with Gasteiger partial charge in [0.2, 0.25) is 0 Å². The van der Waals surface area contributed by atoms with E-state index in [0.29, 0.717) is 5.13 Å². The van der Waals surface area contributed by atoms with Crippen LogP contribution in [0, 0.1) is 6.57 Å². The van der Waals surface area contributed by atoms with Gasteiger partial charge < -0.3 is 5.73 Å². The number of hydrogen-bond acceptors (Lipinski definition) is 4. The molecular formula is C8H5N3S2. The first-order valence-corrected chi connectivity index (χ1v) is 5.08. The number of rotatable bonds is 1. The quantitative estimate of drug-likeness (QED) is 0.577. The fourth-order valence-electron chi connectivity index (χ4n) is 1.03. The van der Waals surface area contributed by atoms with E-state index >= 15 is 0 Å². The lowest BCUT2D eigenvalue weighted by Gasteiger charge is -1.87. The third-order valence-electron chi connectivity index (χ3n) is 1.53. The van der Waals surface area contributed by atoms with E-state index in [4.69, 9.17) is 12.3 Å². The van der Waals surface area contributed by atoms with Crippen molar-refractivity contribution in [2.24, 2.45) is 0 Å². The minimum absolute atomic E-state index is 0.569. The molecule has 0 aliphatic carbocycles. The molecule has 0 unspecified atom stereocenters. The largest absolute Gasteiger partial charge is 0.375 e. The topological polar surface area (TPSA) is 43.3 Å². The third kappa shape index (κ3) is 1.59. The Balaban J connectivity index is 2.56. The lowest BCUT2D eigenvalue weighted by atomic mass is 10.3. The van der Waals surface area contributed by atoms with Crippen LogP contribution in [-0.2, 0) is 0 Å². The molecule has 0 saturated heterocycles. The molecule has 0 saturated carbocycles. The van der Waals surface area contributed by atoms with Crippen molar-refractivity contribution < 1.29 is 0 Å². The Bertz CT molecular complexity index is 484. The highest BCUT2D eigenvalue weighted by Crippen LogP contribution is 2.28. The van der Waals surface area contributed by atoms with E-state index in [1.165, 1.54) is 11.3 Å². The molecule has 0 bridgehead atoms. The van der Waals surface area contributed by atoms with E-state index in [1.54, 1.807) is 0 Å². The van der Waals surface area contributed by atoms with Crippen LogP contribution in [0.3, 0.4) is 0 Å². The molecule has 13 heavy (non-hydrogen) atoms. The van der Waals surface area contributed by atoms with Crippen LogP contribution in [0.5, 0.6) is 0 Å². The number of nitrogens with zero attached hydrogens (tertiary/aromatic N) is 2. The average molecular weight is 207 g/mol. The number of benzene rings is 1. The van der Waals surface area contributed by atoms with Crippen LogP contribution in [0.2, 0.25) is 0 Å². The van der Waals surface area contributed by atoms with Crippen molar-refractivity contribution >= 4 is 38.6 Å². The zero-order chi connectivity index (χ0) is 9.26. The molecule has 2 aromatic rings. The van der Waals surface area contributed by atoms with Gasteiger partial charge in [-0.05, 0) is 18.2 Å². The summed E-state index contributed by atoms with van der Waals surface area (Å²) in [7, 11) is 0. The number of hydrogen-bond donors (Lipinski definition) is 1. The highest BCUT2D eigenvalue weighted by Gasteiger charge is 2.04. The molecule has 0 radical (unpaired) electrons. The van der Waals surface area contributed by atoms with Crippen LogP contribution >= 0.6 is 23.3 Å². The summed E-state index contributed by atoms with van der Waals surface area (Å²) in [4.78, 5) is 5.06. The Hall–Kier alpha value is -1.25. The van der Waals surface area contributed by atoms with Crippen LogP contribution in [-0.4, -0.2) is 4.98 Å². The van der Waals surface area contributed by atoms with E-state index in [0.717, 1.165) is 27.1 Å². The minimum Gasteiger partial charge on any atom is -0.375 e. The predicted molar refractivity (Wildman–Crippen MR) is 56.5 cm³/mol. The second-order valence-corrected chi connectivity index (χ2v) is 4.26. The second-order valence-electron chi connectivity index (χ2n) is 2.36. The van der Waals surface area contributed by atoms with Crippen molar-refractivity contribution in [1.82, 2.24) is 4.98 Å². The number of thiazole rings is 1. The number of aromatic nitrogens is 1. The van der Waals surface area contributed by atoms with Crippen molar-refractivity contribution in [3.05, 3.63) is 29.0 Å². The highest BCUT2D eigenvalue weighted by atomic mass is 32.2. The summed E-state index contributed by atoms with van der Waals surface area (Å²) < 4.78 is 4.27. The molecular weight excluding hydrogens is 202 g/mol. The molecule has 64 valence electrons. The maximum atomic E-state index is 6.70. The van der Waals surface area contributed by atoms with E-state index < -0.39 is 0 Å². The van der Waals surface area contributed by atoms with Gasteiger partial charge in [0.15, 0.2) is 5.13 Å². The van der Waals surface area contributed by atoms with Gasteiger partial charge in [-0.25, -0.2) is 15.8 Å². The normalized spacial score (nSPS) is 10.1.